The molecule has 0 atom stereocenters. The standard InChI is InChI=1S/C14H22O3SSi/c1-10(17-19(5,6)7)12-8-11(9-18-12)13(15)16-14(2,3)4/h8-9H,1H2,2-7H3. The molecule has 1 rings (SSSR count). The lowest BCUT2D eigenvalue weighted by molar-refractivity contribution is 0.00701. The Hall–Kier alpha value is -1.07. The lowest BCUT2D eigenvalue weighted by Crippen LogP contribution is -2.24. The number of ether oxygens (including phenoxy) is 1. The highest BCUT2D eigenvalue weighted by Crippen LogP contribution is 2.26. The zero-order chi connectivity index (χ0) is 14.8. The maximum absolute atomic E-state index is 11.9. The van der Waals surface area contributed by atoms with Crippen LogP contribution in [0.15, 0.2) is 18.0 Å². The largest absolute Gasteiger partial charge is 0.544 e. The Labute approximate surface area is 120 Å². The molecule has 0 aromatic carbocycles. The first-order valence-electron chi connectivity index (χ1n) is 6.18. The van der Waals surface area contributed by atoms with E-state index in [9.17, 15) is 4.79 Å². The van der Waals surface area contributed by atoms with Crippen molar-refractivity contribution >= 4 is 31.4 Å². The summed E-state index contributed by atoms with van der Waals surface area (Å²) in [5.41, 5.74) is 0.0700. The van der Waals surface area contributed by atoms with Crippen molar-refractivity contribution in [3.05, 3.63) is 28.5 Å². The Morgan fingerprint density at radius 3 is 2.37 bits per heavy atom. The van der Waals surface area contributed by atoms with E-state index in [-0.39, 0.29) is 5.97 Å². The van der Waals surface area contributed by atoms with E-state index < -0.39 is 13.9 Å². The van der Waals surface area contributed by atoms with Crippen molar-refractivity contribution in [2.45, 2.75) is 46.0 Å². The van der Waals surface area contributed by atoms with E-state index in [4.69, 9.17) is 9.16 Å². The molecule has 19 heavy (non-hydrogen) atoms. The van der Waals surface area contributed by atoms with Crippen molar-refractivity contribution in [2.24, 2.45) is 0 Å². The average molecular weight is 298 g/mol. The highest BCUT2D eigenvalue weighted by molar-refractivity contribution is 7.11. The summed E-state index contributed by atoms with van der Waals surface area (Å²) in [6, 6.07) is 1.78. The fraction of sp³-hybridized carbons (Fsp3) is 0.500. The first kappa shape index (κ1) is 16.0. The number of hydrogen-bond acceptors (Lipinski definition) is 4. The summed E-state index contributed by atoms with van der Waals surface area (Å²) in [5.74, 6) is 0.328. The van der Waals surface area contributed by atoms with Gasteiger partial charge in [0.15, 0.2) is 0 Å². The van der Waals surface area contributed by atoms with E-state index in [1.807, 2.05) is 20.8 Å². The van der Waals surface area contributed by atoms with Crippen LogP contribution >= 0.6 is 11.3 Å². The summed E-state index contributed by atoms with van der Waals surface area (Å²) in [5, 5.41) is 1.78. The minimum atomic E-state index is -1.67. The van der Waals surface area contributed by atoms with Gasteiger partial charge in [0, 0.05) is 5.38 Å². The summed E-state index contributed by atoms with van der Waals surface area (Å²) >= 11 is 1.45. The monoisotopic (exact) mass is 298 g/mol. The minimum absolute atomic E-state index is 0.309. The van der Waals surface area contributed by atoms with Crippen LogP contribution < -0.4 is 0 Å². The lowest BCUT2D eigenvalue weighted by Gasteiger charge is -2.20. The van der Waals surface area contributed by atoms with E-state index in [2.05, 4.69) is 26.2 Å². The molecule has 0 aliphatic rings. The van der Waals surface area contributed by atoms with Crippen molar-refractivity contribution in [1.29, 1.82) is 0 Å². The summed E-state index contributed by atoms with van der Waals surface area (Å²) in [6.07, 6.45) is 0. The third kappa shape index (κ3) is 5.61. The molecule has 0 N–H and O–H groups in total. The van der Waals surface area contributed by atoms with Gasteiger partial charge in [-0.05, 0) is 46.5 Å². The van der Waals surface area contributed by atoms with Crippen LogP contribution in [0.25, 0.3) is 5.76 Å². The first-order valence-corrected chi connectivity index (χ1v) is 10.5. The van der Waals surface area contributed by atoms with Gasteiger partial charge in [-0.25, -0.2) is 4.79 Å². The molecule has 3 nitrogen and oxygen atoms in total. The van der Waals surface area contributed by atoms with Crippen molar-refractivity contribution in [3.8, 4) is 0 Å². The smallest absolute Gasteiger partial charge is 0.339 e. The molecule has 1 aromatic heterocycles. The molecular formula is C14H22O3SSi. The van der Waals surface area contributed by atoms with E-state index in [1.165, 1.54) is 11.3 Å². The Balaban J connectivity index is 2.77. The van der Waals surface area contributed by atoms with Crippen LogP contribution in [-0.4, -0.2) is 19.9 Å². The van der Waals surface area contributed by atoms with Crippen LogP contribution in [0.5, 0.6) is 0 Å². The van der Waals surface area contributed by atoms with Crippen molar-refractivity contribution < 1.29 is 14.0 Å². The Kier molecular flexibility index (Phi) is 4.63. The van der Waals surface area contributed by atoms with Crippen LogP contribution in [0.4, 0.5) is 0 Å². The van der Waals surface area contributed by atoms with E-state index in [0.29, 0.717) is 11.3 Å². The SMILES string of the molecule is C=C(O[Si](C)(C)C)c1cc(C(=O)OC(C)(C)C)cs1. The molecule has 1 heterocycles. The van der Waals surface area contributed by atoms with Crippen LogP contribution in [0.2, 0.25) is 19.6 Å². The number of thiophene rings is 1. The lowest BCUT2D eigenvalue weighted by atomic mass is 10.2. The topological polar surface area (TPSA) is 35.5 Å². The molecule has 1 aromatic rings. The highest BCUT2D eigenvalue weighted by Gasteiger charge is 2.21. The predicted molar refractivity (Wildman–Crippen MR) is 83.0 cm³/mol. The third-order valence-corrected chi connectivity index (χ3v) is 3.77. The van der Waals surface area contributed by atoms with Gasteiger partial charge in [0.05, 0.1) is 10.4 Å². The van der Waals surface area contributed by atoms with Gasteiger partial charge in [0.25, 0.3) is 0 Å². The summed E-state index contributed by atoms with van der Waals surface area (Å²) in [6.45, 7) is 15.8. The zero-order valence-electron chi connectivity index (χ0n) is 12.5. The minimum Gasteiger partial charge on any atom is -0.544 e. The maximum atomic E-state index is 11.9. The molecule has 0 bridgehead atoms. The zero-order valence-corrected chi connectivity index (χ0v) is 14.3. The maximum Gasteiger partial charge on any atom is 0.339 e. The third-order valence-electron chi connectivity index (χ3n) is 1.94. The Morgan fingerprint density at radius 1 is 1.32 bits per heavy atom. The second kappa shape index (κ2) is 5.51. The van der Waals surface area contributed by atoms with Crippen LogP contribution in [0, 0.1) is 0 Å². The fourth-order valence-electron chi connectivity index (χ4n) is 1.35. The van der Waals surface area contributed by atoms with Crippen molar-refractivity contribution in [2.75, 3.05) is 0 Å². The number of carbonyl (C=O) groups is 1. The summed E-state index contributed by atoms with van der Waals surface area (Å²) in [7, 11) is -1.67. The molecule has 0 fully saturated rings. The molecule has 0 saturated carbocycles. The molecule has 0 aliphatic heterocycles. The second-order valence-electron chi connectivity index (χ2n) is 6.34. The summed E-state index contributed by atoms with van der Waals surface area (Å²) < 4.78 is 11.1. The van der Waals surface area contributed by atoms with E-state index in [1.54, 1.807) is 11.4 Å². The summed E-state index contributed by atoms with van der Waals surface area (Å²) in [4.78, 5) is 12.8. The molecular weight excluding hydrogens is 276 g/mol. The molecule has 0 saturated heterocycles. The first-order chi connectivity index (χ1) is 8.48. The van der Waals surface area contributed by atoms with Gasteiger partial charge in [-0.3, -0.25) is 0 Å². The van der Waals surface area contributed by atoms with Gasteiger partial charge in [-0.1, -0.05) is 6.58 Å². The van der Waals surface area contributed by atoms with Gasteiger partial charge < -0.3 is 9.16 Å². The van der Waals surface area contributed by atoms with Crippen molar-refractivity contribution in [1.82, 2.24) is 0 Å². The number of esters is 1. The van der Waals surface area contributed by atoms with Gasteiger partial charge >= 0.3 is 5.97 Å². The molecule has 0 radical (unpaired) electrons. The van der Waals surface area contributed by atoms with Gasteiger partial charge in [0.2, 0.25) is 8.32 Å². The normalized spacial score (nSPS) is 12.1. The van der Waals surface area contributed by atoms with Gasteiger partial charge in [-0.15, -0.1) is 11.3 Å². The number of rotatable bonds is 4. The molecule has 0 aliphatic carbocycles. The Bertz CT molecular complexity index is 435. The van der Waals surface area contributed by atoms with Crippen LogP contribution in [0.3, 0.4) is 0 Å². The second-order valence-corrected chi connectivity index (χ2v) is 11.7. The highest BCUT2D eigenvalue weighted by atomic mass is 32.1. The molecule has 0 spiro atoms. The molecule has 5 heteroatoms. The predicted octanol–water partition coefficient (Wildman–Crippen LogP) is 4.53. The van der Waals surface area contributed by atoms with Crippen LogP contribution in [0.1, 0.15) is 36.0 Å². The Morgan fingerprint density at radius 2 is 1.89 bits per heavy atom. The van der Waals surface area contributed by atoms with Crippen molar-refractivity contribution in [3.63, 3.8) is 0 Å². The quantitative estimate of drug-likeness (QED) is 0.465. The molecule has 106 valence electrons. The molecule has 0 unspecified atom stereocenters. The fourth-order valence-corrected chi connectivity index (χ4v) is 3.06. The molecule has 0 amide bonds. The van der Waals surface area contributed by atoms with E-state index >= 15 is 0 Å². The number of carbonyl (C=O) groups excluding carboxylic acids is 1. The number of hydrogen-bond donors (Lipinski definition) is 0. The van der Waals surface area contributed by atoms with Gasteiger partial charge in [-0.2, -0.15) is 0 Å². The van der Waals surface area contributed by atoms with Gasteiger partial charge in [0.1, 0.15) is 11.4 Å². The van der Waals surface area contributed by atoms with Crippen LogP contribution in [-0.2, 0) is 9.16 Å². The van der Waals surface area contributed by atoms with E-state index in [0.717, 1.165) is 4.88 Å². The average Bonchev–Trinajstić information content (AvgIpc) is 2.60.